The van der Waals surface area contributed by atoms with E-state index in [0.29, 0.717) is 17.8 Å². The predicted octanol–water partition coefficient (Wildman–Crippen LogP) is 4.03. The predicted molar refractivity (Wildman–Crippen MR) is 82.2 cm³/mol. The van der Waals surface area contributed by atoms with Crippen LogP contribution in [0.2, 0.25) is 0 Å². The minimum Gasteiger partial charge on any atom is -0.399 e. The third-order valence-corrected chi connectivity index (χ3v) is 3.93. The van der Waals surface area contributed by atoms with E-state index in [2.05, 4.69) is 45.3 Å². The molecule has 0 radical (unpaired) electrons. The summed E-state index contributed by atoms with van der Waals surface area (Å²) in [6.45, 7) is 12.3. The first-order valence-corrected chi connectivity index (χ1v) is 7.15. The highest BCUT2D eigenvalue weighted by Gasteiger charge is 2.17. The molecule has 2 rings (SSSR count). The van der Waals surface area contributed by atoms with E-state index in [1.165, 1.54) is 5.52 Å². The molecular formula is C16H25N3. The first-order chi connectivity index (χ1) is 8.90. The van der Waals surface area contributed by atoms with Gasteiger partial charge < -0.3 is 10.3 Å². The zero-order valence-electron chi connectivity index (χ0n) is 12.6. The van der Waals surface area contributed by atoms with E-state index < -0.39 is 0 Å². The summed E-state index contributed by atoms with van der Waals surface area (Å²) >= 11 is 0. The third-order valence-electron chi connectivity index (χ3n) is 3.93. The van der Waals surface area contributed by atoms with Gasteiger partial charge >= 0.3 is 0 Å². The smallest absolute Gasteiger partial charge is 0.112 e. The minimum atomic E-state index is 0.424. The molecule has 1 unspecified atom stereocenters. The molecule has 0 saturated carbocycles. The standard InChI is InChI=1S/C16H25N3/c1-10(2)12(5)9-19-15-7-6-13(17)8-14(15)18-16(19)11(3)4/h6-8,10-12H,9,17H2,1-5H3. The molecule has 19 heavy (non-hydrogen) atoms. The van der Waals surface area contributed by atoms with E-state index in [-0.39, 0.29) is 0 Å². The monoisotopic (exact) mass is 259 g/mol. The summed E-state index contributed by atoms with van der Waals surface area (Å²) in [6.07, 6.45) is 0. The van der Waals surface area contributed by atoms with Gasteiger partial charge in [0.25, 0.3) is 0 Å². The van der Waals surface area contributed by atoms with Crippen molar-refractivity contribution < 1.29 is 0 Å². The molecule has 1 aromatic heterocycles. The molecule has 3 heteroatoms. The van der Waals surface area contributed by atoms with Gasteiger partial charge in [0.15, 0.2) is 0 Å². The number of aromatic nitrogens is 2. The number of nitrogen functional groups attached to an aromatic ring is 1. The van der Waals surface area contributed by atoms with Gasteiger partial charge in [-0.1, -0.05) is 34.6 Å². The van der Waals surface area contributed by atoms with Gasteiger partial charge in [0.2, 0.25) is 0 Å². The van der Waals surface area contributed by atoms with Gasteiger partial charge in [-0.3, -0.25) is 0 Å². The number of nitrogens with two attached hydrogens (primary N) is 1. The average molecular weight is 259 g/mol. The van der Waals surface area contributed by atoms with Crippen LogP contribution in [0, 0.1) is 11.8 Å². The third kappa shape index (κ3) is 2.75. The van der Waals surface area contributed by atoms with Crippen molar-refractivity contribution in [1.82, 2.24) is 9.55 Å². The fraction of sp³-hybridized carbons (Fsp3) is 0.562. The molecule has 1 aromatic carbocycles. The van der Waals surface area contributed by atoms with Gasteiger partial charge in [-0.15, -0.1) is 0 Å². The van der Waals surface area contributed by atoms with Gasteiger partial charge in [0, 0.05) is 18.2 Å². The Morgan fingerprint density at radius 1 is 1.16 bits per heavy atom. The van der Waals surface area contributed by atoms with Crippen molar-refractivity contribution in [3.63, 3.8) is 0 Å². The summed E-state index contributed by atoms with van der Waals surface area (Å²) in [7, 11) is 0. The molecule has 1 atom stereocenters. The van der Waals surface area contributed by atoms with E-state index in [1.54, 1.807) is 0 Å². The molecular weight excluding hydrogens is 234 g/mol. The second-order valence-corrected chi connectivity index (χ2v) is 6.20. The Morgan fingerprint density at radius 3 is 2.42 bits per heavy atom. The molecule has 2 aromatic rings. The molecule has 3 nitrogen and oxygen atoms in total. The normalized spacial score (nSPS) is 13.6. The maximum Gasteiger partial charge on any atom is 0.112 e. The summed E-state index contributed by atoms with van der Waals surface area (Å²) in [5.41, 5.74) is 8.85. The van der Waals surface area contributed by atoms with Crippen LogP contribution in [0.3, 0.4) is 0 Å². The van der Waals surface area contributed by atoms with E-state index in [9.17, 15) is 0 Å². The van der Waals surface area contributed by atoms with Crippen molar-refractivity contribution in [1.29, 1.82) is 0 Å². The van der Waals surface area contributed by atoms with E-state index in [1.807, 2.05) is 12.1 Å². The van der Waals surface area contributed by atoms with Gasteiger partial charge in [0.1, 0.15) is 5.82 Å². The Morgan fingerprint density at radius 2 is 1.84 bits per heavy atom. The molecule has 0 spiro atoms. The highest BCUT2D eigenvalue weighted by Crippen LogP contribution is 2.26. The van der Waals surface area contributed by atoms with Crippen LogP contribution in [0.1, 0.15) is 46.4 Å². The maximum atomic E-state index is 5.86. The Bertz CT molecular complexity index is 567. The van der Waals surface area contributed by atoms with Crippen molar-refractivity contribution >= 4 is 16.7 Å². The number of hydrogen-bond donors (Lipinski definition) is 1. The van der Waals surface area contributed by atoms with Crippen molar-refractivity contribution in [3.05, 3.63) is 24.0 Å². The zero-order chi connectivity index (χ0) is 14.2. The van der Waals surface area contributed by atoms with Gasteiger partial charge in [-0.25, -0.2) is 4.98 Å². The van der Waals surface area contributed by atoms with Crippen LogP contribution < -0.4 is 5.73 Å². The lowest BCUT2D eigenvalue weighted by Gasteiger charge is -2.19. The molecule has 2 N–H and O–H groups in total. The van der Waals surface area contributed by atoms with E-state index in [0.717, 1.165) is 23.6 Å². The number of imidazole rings is 1. The van der Waals surface area contributed by atoms with Crippen LogP contribution in [0.15, 0.2) is 18.2 Å². The summed E-state index contributed by atoms with van der Waals surface area (Å²) in [5.74, 6) is 2.89. The minimum absolute atomic E-state index is 0.424. The highest BCUT2D eigenvalue weighted by atomic mass is 15.1. The van der Waals surface area contributed by atoms with Gasteiger partial charge in [-0.2, -0.15) is 0 Å². The Hall–Kier alpha value is -1.51. The number of fused-ring (bicyclic) bond motifs is 1. The van der Waals surface area contributed by atoms with Crippen LogP contribution >= 0.6 is 0 Å². The quantitative estimate of drug-likeness (QED) is 0.842. The molecule has 1 heterocycles. The molecule has 0 fully saturated rings. The van der Waals surface area contributed by atoms with Crippen molar-refractivity contribution in [2.45, 2.75) is 47.1 Å². The van der Waals surface area contributed by atoms with Gasteiger partial charge in [0.05, 0.1) is 11.0 Å². The van der Waals surface area contributed by atoms with Crippen molar-refractivity contribution in [2.24, 2.45) is 11.8 Å². The maximum absolute atomic E-state index is 5.86. The van der Waals surface area contributed by atoms with Crippen LogP contribution in [-0.4, -0.2) is 9.55 Å². The highest BCUT2D eigenvalue weighted by molar-refractivity contribution is 5.79. The fourth-order valence-electron chi connectivity index (χ4n) is 2.30. The van der Waals surface area contributed by atoms with Crippen molar-refractivity contribution in [2.75, 3.05) is 5.73 Å². The lowest BCUT2D eigenvalue weighted by Crippen LogP contribution is -2.15. The van der Waals surface area contributed by atoms with Crippen LogP contribution in [0.4, 0.5) is 5.69 Å². The van der Waals surface area contributed by atoms with Crippen LogP contribution in [0.5, 0.6) is 0 Å². The number of nitrogens with zero attached hydrogens (tertiary/aromatic N) is 2. The fourth-order valence-corrected chi connectivity index (χ4v) is 2.30. The largest absolute Gasteiger partial charge is 0.399 e. The number of rotatable bonds is 4. The molecule has 0 bridgehead atoms. The summed E-state index contributed by atoms with van der Waals surface area (Å²) in [4.78, 5) is 4.77. The molecule has 0 amide bonds. The number of hydrogen-bond acceptors (Lipinski definition) is 2. The number of benzene rings is 1. The summed E-state index contributed by atoms with van der Waals surface area (Å²) in [5, 5.41) is 0. The SMILES string of the molecule is CC(C)c1nc2cc(N)ccc2n1CC(C)C(C)C. The number of anilines is 1. The van der Waals surface area contributed by atoms with Gasteiger partial charge in [-0.05, 0) is 30.0 Å². The second kappa shape index (κ2) is 5.24. The first kappa shape index (κ1) is 13.9. The lowest BCUT2D eigenvalue weighted by atomic mass is 9.98. The topological polar surface area (TPSA) is 43.8 Å². The molecule has 0 aliphatic rings. The second-order valence-electron chi connectivity index (χ2n) is 6.20. The lowest BCUT2D eigenvalue weighted by molar-refractivity contribution is 0.362. The van der Waals surface area contributed by atoms with Crippen LogP contribution in [0.25, 0.3) is 11.0 Å². The van der Waals surface area contributed by atoms with Crippen LogP contribution in [-0.2, 0) is 6.54 Å². The average Bonchev–Trinajstić information content (AvgIpc) is 2.67. The summed E-state index contributed by atoms with van der Waals surface area (Å²) < 4.78 is 2.37. The van der Waals surface area contributed by atoms with E-state index in [4.69, 9.17) is 10.7 Å². The van der Waals surface area contributed by atoms with Crippen molar-refractivity contribution in [3.8, 4) is 0 Å². The molecule has 0 aliphatic heterocycles. The van der Waals surface area contributed by atoms with E-state index >= 15 is 0 Å². The zero-order valence-corrected chi connectivity index (χ0v) is 12.6. The molecule has 0 aliphatic carbocycles. The Labute approximate surface area is 115 Å². The Balaban J connectivity index is 2.52. The molecule has 0 saturated heterocycles. The Kier molecular flexibility index (Phi) is 3.83. The summed E-state index contributed by atoms with van der Waals surface area (Å²) in [6, 6.07) is 6.03. The molecule has 104 valence electrons. The first-order valence-electron chi connectivity index (χ1n) is 7.15.